The van der Waals surface area contributed by atoms with Crippen LogP contribution in [0.3, 0.4) is 0 Å². The maximum atomic E-state index is 9.04. The molecule has 0 bridgehead atoms. The standard InChI is InChI=1S/C6H12O2S/c1-5-2-8-3-6(7)9-4-5/h5-7H,2-4H2,1H3. The first-order chi connectivity index (χ1) is 4.29. The molecule has 1 rings (SSSR count). The molecule has 9 heavy (non-hydrogen) atoms. The average Bonchev–Trinajstić information content (AvgIpc) is 1.97. The van der Waals surface area contributed by atoms with Crippen molar-refractivity contribution in [3.8, 4) is 0 Å². The van der Waals surface area contributed by atoms with Crippen LogP contribution >= 0.6 is 11.8 Å². The summed E-state index contributed by atoms with van der Waals surface area (Å²) in [7, 11) is 0. The molecular weight excluding hydrogens is 136 g/mol. The Labute approximate surface area is 59.6 Å². The molecule has 0 aromatic rings. The van der Waals surface area contributed by atoms with Crippen LogP contribution in [-0.2, 0) is 4.74 Å². The van der Waals surface area contributed by atoms with Gasteiger partial charge in [0.25, 0.3) is 0 Å². The first kappa shape index (κ1) is 7.38. The van der Waals surface area contributed by atoms with E-state index in [4.69, 9.17) is 9.84 Å². The molecule has 1 N–H and O–H groups in total. The van der Waals surface area contributed by atoms with E-state index in [-0.39, 0.29) is 5.44 Å². The molecule has 1 heterocycles. The van der Waals surface area contributed by atoms with Crippen LogP contribution < -0.4 is 0 Å². The van der Waals surface area contributed by atoms with Crippen LogP contribution in [0.2, 0.25) is 0 Å². The summed E-state index contributed by atoms with van der Waals surface area (Å²) in [6, 6.07) is 0. The quantitative estimate of drug-likeness (QED) is 0.548. The number of hydrogen-bond acceptors (Lipinski definition) is 3. The Balaban J connectivity index is 2.25. The van der Waals surface area contributed by atoms with Crippen molar-refractivity contribution < 1.29 is 9.84 Å². The highest BCUT2D eigenvalue weighted by Gasteiger charge is 2.13. The lowest BCUT2D eigenvalue weighted by Crippen LogP contribution is -2.08. The third kappa shape index (κ3) is 2.56. The monoisotopic (exact) mass is 148 g/mol. The Kier molecular flexibility index (Phi) is 2.82. The zero-order valence-electron chi connectivity index (χ0n) is 5.54. The van der Waals surface area contributed by atoms with Crippen LogP contribution in [0.15, 0.2) is 0 Å². The molecule has 54 valence electrons. The van der Waals surface area contributed by atoms with E-state index < -0.39 is 0 Å². The minimum Gasteiger partial charge on any atom is -0.380 e. The Morgan fingerprint density at radius 3 is 3.11 bits per heavy atom. The van der Waals surface area contributed by atoms with Gasteiger partial charge in [0.1, 0.15) is 5.44 Å². The molecule has 2 unspecified atom stereocenters. The van der Waals surface area contributed by atoms with Gasteiger partial charge in [-0.1, -0.05) is 6.92 Å². The second kappa shape index (κ2) is 3.44. The van der Waals surface area contributed by atoms with Crippen molar-refractivity contribution in [2.45, 2.75) is 12.4 Å². The van der Waals surface area contributed by atoms with Crippen molar-refractivity contribution in [2.75, 3.05) is 19.0 Å². The summed E-state index contributed by atoms with van der Waals surface area (Å²) in [5, 5.41) is 9.04. The van der Waals surface area contributed by atoms with E-state index in [1.54, 1.807) is 11.8 Å². The van der Waals surface area contributed by atoms with Crippen molar-refractivity contribution in [1.82, 2.24) is 0 Å². The molecule has 0 saturated carbocycles. The van der Waals surface area contributed by atoms with Gasteiger partial charge >= 0.3 is 0 Å². The van der Waals surface area contributed by atoms with Crippen LogP contribution in [0.1, 0.15) is 6.92 Å². The van der Waals surface area contributed by atoms with Crippen LogP contribution in [-0.4, -0.2) is 29.5 Å². The summed E-state index contributed by atoms with van der Waals surface area (Å²) in [6.07, 6.45) is 0. The van der Waals surface area contributed by atoms with Crippen molar-refractivity contribution in [1.29, 1.82) is 0 Å². The first-order valence-electron chi connectivity index (χ1n) is 3.16. The van der Waals surface area contributed by atoms with Gasteiger partial charge in [-0.3, -0.25) is 0 Å². The normalized spacial score (nSPS) is 38.0. The molecule has 0 amide bonds. The number of rotatable bonds is 0. The van der Waals surface area contributed by atoms with E-state index in [0.29, 0.717) is 12.5 Å². The summed E-state index contributed by atoms with van der Waals surface area (Å²) in [5.41, 5.74) is -0.296. The average molecular weight is 148 g/mol. The second-order valence-corrected chi connectivity index (χ2v) is 3.64. The molecule has 0 aromatic heterocycles. The zero-order chi connectivity index (χ0) is 6.69. The Hall–Kier alpha value is 0.270. The minimum atomic E-state index is -0.296. The van der Waals surface area contributed by atoms with E-state index in [0.717, 1.165) is 12.4 Å². The summed E-state index contributed by atoms with van der Waals surface area (Å²) in [5.74, 6) is 1.60. The largest absolute Gasteiger partial charge is 0.380 e. The summed E-state index contributed by atoms with van der Waals surface area (Å²) >= 11 is 1.58. The molecule has 2 nitrogen and oxygen atoms in total. The third-order valence-electron chi connectivity index (χ3n) is 1.24. The predicted molar refractivity (Wildman–Crippen MR) is 38.4 cm³/mol. The fourth-order valence-corrected chi connectivity index (χ4v) is 1.58. The molecule has 0 aliphatic carbocycles. The van der Waals surface area contributed by atoms with Gasteiger partial charge in [0.15, 0.2) is 0 Å². The Bertz CT molecular complexity index is 77.1. The number of aliphatic hydroxyl groups is 1. The van der Waals surface area contributed by atoms with E-state index in [2.05, 4.69) is 6.92 Å². The van der Waals surface area contributed by atoms with E-state index in [9.17, 15) is 0 Å². The topological polar surface area (TPSA) is 29.5 Å². The van der Waals surface area contributed by atoms with Crippen molar-refractivity contribution in [2.24, 2.45) is 5.92 Å². The highest BCUT2D eigenvalue weighted by atomic mass is 32.2. The maximum Gasteiger partial charge on any atom is 0.123 e. The SMILES string of the molecule is CC1COCC(O)SC1. The molecule has 1 fully saturated rings. The van der Waals surface area contributed by atoms with Crippen LogP contribution in [0.5, 0.6) is 0 Å². The second-order valence-electron chi connectivity index (χ2n) is 2.43. The molecule has 2 atom stereocenters. The van der Waals surface area contributed by atoms with Gasteiger partial charge in [-0.25, -0.2) is 0 Å². The number of ether oxygens (including phenoxy) is 1. The van der Waals surface area contributed by atoms with Gasteiger partial charge in [-0.05, 0) is 5.92 Å². The molecule has 1 aliphatic rings. The number of hydrogen-bond donors (Lipinski definition) is 1. The first-order valence-corrected chi connectivity index (χ1v) is 4.21. The van der Waals surface area contributed by atoms with Crippen molar-refractivity contribution in [3.05, 3.63) is 0 Å². The molecule has 0 aromatic carbocycles. The van der Waals surface area contributed by atoms with Gasteiger partial charge in [-0.2, -0.15) is 0 Å². The highest BCUT2D eigenvalue weighted by molar-refractivity contribution is 7.99. The van der Waals surface area contributed by atoms with Crippen molar-refractivity contribution >= 4 is 11.8 Å². The number of aliphatic hydroxyl groups excluding tert-OH is 1. The third-order valence-corrected chi connectivity index (χ3v) is 2.52. The summed E-state index contributed by atoms with van der Waals surface area (Å²) in [4.78, 5) is 0. The fourth-order valence-electron chi connectivity index (χ4n) is 0.742. The fraction of sp³-hybridized carbons (Fsp3) is 1.00. The van der Waals surface area contributed by atoms with E-state index in [1.807, 2.05) is 0 Å². The highest BCUT2D eigenvalue weighted by Crippen LogP contribution is 2.17. The Morgan fingerprint density at radius 2 is 2.33 bits per heavy atom. The van der Waals surface area contributed by atoms with Crippen LogP contribution in [0.25, 0.3) is 0 Å². The van der Waals surface area contributed by atoms with Gasteiger partial charge in [0.2, 0.25) is 0 Å². The van der Waals surface area contributed by atoms with Crippen molar-refractivity contribution in [3.63, 3.8) is 0 Å². The summed E-state index contributed by atoms with van der Waals surface area (Å²) in [6.45, 7) is 3.42. The molecule has 1 aliphatic heterocycles. The molecule has 0 spiro atoms. The van der Waals surface area contributed by atoms with E-state index >= 15 is 0 Å². The van der Waals surface area contributed by atoms with E-state index in [1.165, 1.54) is 0 Å². The summed E-state index contributed by atoms with van der Waals surface area (Å²) < 4.78 is 5.15. The molecular formula is C6H12O2S. The van der Waals surface area contributed by atoms with Gasteiger partial charge in [-0.15, -0.1) is 11.8 Å². The predicted octanol–water partition coefficient (Wildman–Crippen LogP) is 0.704. The molecule has 0 radical (unpaired) electrons. The van der Waals surface area contributed by atoms with Crippen LogP contribution in [0, 0.1) is 5.92 Å². The number of thioether (sulfide) groups is 1. The Morgan fingerprint density at radius 1 is 1.56 bits per heavy atom. The van der Waals surface area contributed by atoms with Crippen LogP contribution in [0.4, 0.5) is 0 Å². The lowest BCUT2D eigenvalue weighted by atomic mass is 10.2. The van der Waals surface area contributed by atoms with Gasteiger partial charge < -0.3 is 9.84 Å². The lowest BCUT2D eigenvalue weighted by molar-refractivity contribution is 0.0695. The van der Waals surface area contributed by atoms with Gasteiger partial charge in [0, 0.05) is 5.75 Å². The maximum absolute atomic E-state index is 9.04. The molecule has 3 heteroatoms. The molecule has 1 saturated heterocycles. The van der Waals surface area contributed by atoms with Gasteiger partial charge in [0.05, 0.1) is 13.2 Å². The lowest BCUT2D eigenvalue weighted by Gasteiger charge is -2.02. The zero-order valence-corrected chi connectivity index (χ0v) is 6.36. The smallest absolute Gasteiger partial charge is 0.123 e. The minimum absolute atomic E-state index is 0.296.